The maximum atomic E-state index is 10.7. The molecule has 15 heavy (non-hydrogen) atoms. The van der Waals surface area contributed by atoms with Crippen LogP contribution >= 0.6 is 0 Å². The van der Waals surface area contributed by atoms with E-state index in [9.17, 15) is 9.90 Å². The molecule has 0 fully saturated rings. The van der Waals surface area contributed by atoms with E-state index >= 15 is 0 Å². The molecule has 7 heteroatoms. The van der Waals surface area contributed by atoms with E-state index in [0.29, 0.717) is 12.1 Å². The molecule has 84 valence electrons. The van der Waals surface area contributed by atoms with Crippen LogP contribution in [-0.2, 0) is 13.1 Å². The Balaban J connectivity index is 2.94. The van der Waals surface area contributed by atoms with Gasteiger partial charge in [-0.05, 0) is 6.42 Å². The molecule has 0 spiro atoms. The van der Waals surface area contributed by atoms with Crippen molar-refractivity contribution in [1.29, 1.82) is 0 Å². The number of rotatable bonds is 5. The van der Waals surface area contributed by atoms with Gasteiger partial charge in [0.1, 0.15) is 0 Å². The van der Waals surface area contributed by atoms with E-state index in [-0.39, 0.29) is 18.8 Å². The summed E-state index contributed by atoms with van der Waals surface area (Å²) in [5.41, 5.74) is 5.58. The normalized spacial score (nSPS) is 12.7. The quantitative estimate of drug-likeness (QED) is 0.591. The van der Waals surface area contributed by atoms with Crippen LogP contribution in [0.3, 0.4) is 0 Å². The van der Waals surface area contributed by atoms with Crippen molar-refractivity contribution in [2.45, 2.75) is 32.5 Å². The molecule has 1 heterocycles. The van der Waals surface area contributed by atoms with Gasteiger partial charge in [-0.25, -0.2) is 9.48 Å². The number of nitrogens with two attached hydrogens (primary N) is 1. The summed E-state index contributed by atoms with van der Waals surface area (Å²) in [6, 6.07) is 0. The number of nitrogens with zero attached hydrogens (tertiary/aromatic N) is 3. The second kappa shape index (κ2) is 4.85. The predicted molar refractivity (Wildman–Crippen MR) is 51.2 cm³/mol. The van der Waals surface area contributed by atoms with Crippen LogP contribution in [0.2, 0.25) is 0 Å². The van der Waals surface area contributed by atoms with E-state index in [4.69, 9.17) is 10.8 Å². The third kappa shape index (κ3) is 2.51. The Hall–Kier alpha value is -1.47. The van der Waals surface area contributed by atoms with Crippen LogP contribution in [0, 0.1) is 0 Å². The van der Waals surface area contributed by atoms with Crippen molar-refractivity contribution in [2.75, 3.05) is 0 Å². The van der Waals surface area contributed by atoms with E-state index in [1.807, 2.05) is 6.92 Å². The fourth-order valence-corrected chi connectivity index (χ4v) is 1.18. The SMILES string of the molecule is CCC(O)Cn1nnc(C(=O)O)c1CN. The second-order valence-corrected chi connectivity index (χ2v) is 3.14. The van der Waals surface area contributed by atoms with Gasteiger partial charge in [0, 0.05) is 6.54 Å². The van der Waals surface area contributed by atoms with Crippen LogP contribution in [0.4, 0.5) is 0 Å². The Bertz CT molecular complexity index is 350. The molecule has 0 radical (unpaired) electrons. The molecule has 1 unspecified atom stereocenters. The minimum atomic E-state index is -1.16. The Morgan fingerprint density at radius 1 is 1.67 bits per heavy atom. The van der Waals surface area contributed by atoms with Crippen LogP contribution in [0.25, 0.3) is 0 Å². The summed E-state index contributed by atoms with van der Waals surface area (Å²) in [6.07, 6.45) is -0.00892. The summed E-state index contributed by atoms with van der Waals surface area (Å²) in [4.78, 5) is 10.7. The van der Waals surface area contributed by atoms with Gasteiger partial charge < -0.3 is 15.9 Å². The van der Waals surface area contributed by atoms with Crippen LogP contribution in [-0.4, -0.2) is 37.3 Å². The van der Waals surface area contributed by atoms with E-state index in [0.717, 1.165) is 0 Å². The molecule has 0 aromatic carbocycles. The van der Waals surface area contributed by atoms with Gasteiger partial charge in [-0.1, -0.05) is 12.1 Å². The highest BCUT2D eigenvalue weighted by molar-refractivity contribution is 5.86. The van der Waals surface area contributed by atoms with E-state index < -0.39 is 12.1 Å². The molecule has 0 saturated carbocycles. The zero-order valence-electron chi connectivity index (χ0n) is 8.42. The van der Waals surface area contributed by atoms with Crippen molar-refractivity contribution < 1.29 is 15.0 Å². The first-order valence-corrected chi connectivity index (χ1v) is 4.63. The van der Waals surface area contributed by atoms with Gasteiger partial charge in [-0.3, -0.25) is 0 Å². The molecule has 0 aliphatic heterocycles. The van der Waals surface area contributed by atoms with Crippen molar-refractivity contribution in [1.82, 2.24) is 15.0 Å². The lowest BCUT2D eigenvalue weighted by atomic mass is 10.2. The molecule has 7 nitrogen and oxygen atoms in total. The van der Waals surface area contributed by atoms with Gasteiger partial charge >= 0.3 is 5.97 Å². The first-order chi connectivity index (χ1) is 7.10. The zero-order chi connectivity index (χ0) is 11.4. The molecule has 1 rings (SSSR count). The summed E-state index contributed by atoms with van der Waals surface area (Å²) in [7, 11) is 0. The molecular formula is C8H14N4O3. The number of carboxylic acid groups (broad SMARTS) is 1. The number of aliphatic hydroxyl groups is 1. The Kier molecular flexibility index (Phi) is 3.75. The highest BCUT2D eigenvalue weighted by Gasteiger charge is 2.18. The van der Waals surface area contributed by atoms with Crippen molar-refractivity contribution in [2.24, 2.45) is 5.73 Å². The van der Waals surface area contributed by atoms with Crippen LogP contribution in [0.15, 0.2) is 0 Å². The molecule has 1 aromatic rings. The topological polar surface area (TPSA) is 114 Å². The lowest BCUT2D eigenvalue weighted by Crippen LogP contribution is -2.20. The second-order valence-electron chi connectivity index (χ2n) is 3.14. The van der Waals surface area contributed by atoms with E-state index in [2.05, 4.69) is 10.3 Å². The fourth-order valence-electron chi connectivity index (χ4n) is 1.18. The molecule has 0 bridgehead atoms. The Morgan fingerprint density at radius 3 is 2.80 bits per heavy atom. The minimum absolute atomic E-state index is 0.0328. The first kappa shape index (κ1) is 11.6. The highest BCUT2D eigenvalue weighted by Crippen LogP contribution is 2.06. The summed E-state index contributed by atoms with van der Waals surface area (Å²) in [5.74, 6) is -1.16. The maximum Gasteiger partial charge on any atom is 0.358 e. The van der Waals surface area contributed by atoms with E-state index in [1.54, 1.807) is 0 Å². The number of aliphatic hydroxyl groups excluding tert-OH is 1. The Labute approximate surface area is 86.5 Å². The number of carboxylic acids is 1. The number of hydrogen-bond donors (Lipinski definition) is 3. The maximum absolute atomic E-state index is 10.7. The standard InChI is InChI=1S/C8H14N4O3/c1-2-5(13)4-12-6(3-9)7(8(14)15)10-11-12/h5,13H,2-4,9H2,1H3,(H,14,15). The molecule has 1 aromatic heterocycles. The average molecular weight is 214 g/mol. The molecule has 0 aliphatic carbocycles. The van der Waals surface area contributed by atoms with Gasteiger partial charge in [-0.15, -0.1) is 5.10 Å². The summed E-state index contributed by atoms with van der Waals surface area (Å²) >= 11 is 0. The molecule has 0 aliphatic rings. The first-order valence-electron chi connectivity index (χ1n) is 4.63. The van der Waals surface area contributed by atoms with Crippen molar-refractivity contribution >= 4 is 5.97 Å². The van der Waals surface area contributed by atoms with Crippen LogP contribution in [0.1, 0.15) is 29.5 Å². The van der Waals surface area contributed by atoms with Crippen molar-refractivity contribution in [3.8, 4) is 0 Å². The molecule has 4 N–H and O–H groups in total. The molecule has 0 amide bonds. The predicted octanol–water partition coefficient (Wildman–Crippen LogP) is -0.794. The number of aromatic carboxylic acids is 1. The summed E-state index contributed by atoms with van der Waals surface area (Å²) < 4.78 is 1.33. The van der Waals surface area contributed by atoms with Crippen molar-refractivity contribution in [3.05, 3.63) is 11.4 Å². The van der Waals surface area contributed by atoms with Crippen LogP contribution < -0.4 is 5.73 Å². The minimum Gasteiger partial charge on any atom is -0.476 e. The largest absolute Gasteiger partial charge is 0.476 e. The average Bonchev–Trinajstić information content (AvgIpc) is 2.60. The van der Waals surface area contributed by atoms with Gasteiger partial charge in [-0.2, -0.15) is 0 Å². The Morgan fingerprint density at radius 2 is 2.33 bits per heavy atom. The lowest BCUT2D eigenvalue weighted by Gasteiger charge is -2.09. The zero-order valence-corrected chi connectivity index (χ0v) is 8.42. The lowest BCUT2D eigenvalue weighted by molar-refractivity contribution is 0.0688. The third-order valence-electron chi connectivity index (χ3n) is 2.09. The van der Waals surface area contributed by atoms with Crippen molar-refractivity contribution in [3.63, 3.8) is 0 Å². The van der Waals surface area contributed by atoms with Gasteiger partial charge in [0.05, 0.1) is 18.3 Å². The van der Waals surface area contributed by atoms with Crippen LogP contribution in [0.5, 0.6) is 0 Å². The molecule has 0 saturated heterocycles. The molecular weight excluding hydrogens is 200 g/mol. The summed E-state index contributed by atoms with van der Waals surface area (Å²) in [5, 5.41) is 25.3. The van der Waals surface area contributed by atoms with Gasteiger partial charge in [0.2, 0.25) is 0 Å². The number of carbonyl (C=O) groups is 1. The summed E-state index contributed by atoms with van der Waals surface area (Å²) in [6.45, 7) is 2.07. The highest BCUT2D eigenvalue weighted by atomic mass is 16.4. The third-order valence-corrected chi connectivity index (χ3v) is 2.09. The smallest absolute Gasteiger partial charge is 0.358 e. The van der Waals surface area contributed by atoms with E-state index in [1.165, 1.54) is 4.68 Å². The number of aromatic nitrogens is 3. The van der Waals surface area contributed by atoms with Gasteiger partial charge in [0.15, 0.2) is 5.69 Å². The number of hydrogen-bond acceptors (Lipinski definition) is 5. The monoisotopic (exact) mass is 214 g/mol. The fraction of sp³-hybridized carbons (Fsp3) is 0.625. The molecule has 1 atom stereocenters. The van der Waals surface area contributed by atoms with Gasteiger partial charge in [0.25, 0.3) is 0 Å².